The van der Waals surface area contributed by atoms with Crippen molar-refractivity contribution in [1.82, 2.24) is 29.1 Å². The van der Waals surface area contributed by atoms with Crippen LogP contribution < -0.4 is 5.73 Å². The van der Waals surface area contributed by atoms with Gasteiger partial charge in [-0.05, 0) is 31.2 Å². The van der Waals surface area contributed by atoms with Gasteiger partial charge < -0.3 is 10.3 Å². The number of hydrogen-bond acceptors (Lipinski definition) is 8. The highest BCUT2D eigenvalue weighted by Gasteiger charge is 2.19. The van der Waals surface area contributed by atoms with E-state index in [0.29, 0.717) is 16.8 Å². The zero-order valence-electron chi connectivity index (χ0n) is 17.4. The molecule has 0 radical (unpaired) electrons. The van der Waals surface area contributed by atoms with Crippen LogP contribution in [-0.2, 0) is 20.8 Å². The van der Waals surface area contributed by atoms with Crippen molar-refractivity contribution in [2.45, 2.75) is 18.4 Å². The van der Waals surface area contributed by atoms with Crippen LogP contribution in [0.2, 0.25) is 0 Å². The summed E-state index contributed by atoms with van der Waals surface area (Å²) < 4.78 is 47.0. The van der Waals surface area contributed by atoms with Crippen molar-refractivity contribution in [3.8, 4) is 11.4 Å². The molecular formula is C21H18FN7O3S. The summed E-state index contributed by atoms with van der Waals surface area (Å²) in [5, 5.41) is 4.26. The van der Waals surface area contributed by atoms with Crippen molar-refractivity contribution in [3.05, 3.63) is 66.2 Å². The largest absolute Gasteiger partial charge is 0.368 e. The highest BCUT2D eigenvalue weighted by molar-refractivity contribution is 7.86. The van der Waals surface area contributed by atoms with E-state index in [2.05, 4.69) is 20.1 Å². The summed E-state index contributed by atoms with van der Waals surface area (Å²) >= 11 is 0. The van der Waals surface area contributed by atoms with Crippen molar-refractivity contribution < 1.29 is 17.0 Å². The van der Waals surface area contributed by atoms with E-state index in [1.807, 2.05) is 6.92 Å². The molecule has 0 aliphatic heterocycles. The van der Waals surface area contributed by atoms with Crippen LogP contribution in [0.25, 0.3) is 28.2 Å². The van der Waals surface area contributed by atoms with E-state index >= 15 is 0 Å². The molecule has 0 spiro atoms. The molecule has 5 rings (SSSR count). The van der Waals surface area contributed by atoms with Crippen LogP contribution in [0.5, 0.6) is 0 Å². The van der Waals surface area contributed by atoms with E-state index in [-0.39, 0.29) is 35.4 Å². The zero-order valence-corrected chi connectivity index (χ0v) is 18.2. The summed E-state index contributed by atoms with van der Waals surface area (Å²) in [6, 6.07) is 12.5. The van der Waals surface area contributed by atoms with Gasteiger partial charge in [-0.3, -0.25) is 4.18 Å². The Hall–Kier alpha value is -3.90. The van der Waals surface area contributed by atoms with Gasteiger partial charge in [0.15, 0.2) is 22.6 Å². The third kappa shape index (κ3) is 3.79. The van der Waals surface area contributed by atoms with Gasteiger partial charge in [-0.1, -0.05) is 29.8 Å². The van der Waals surface area contributed by atoms with Crippen molar-refractivity contribution in [2.75, 3.05) is 12.3 Å². The maximum absolute atomic E-state index is 14.2. The molecule has 3 aromatic heterocycles. The number of hydrogen-bond donors (Lipinski definition) is 1. The highest BCUT2D eigenvalue weighted by Crippen LogP contribution is 2.24. The molecule has 0 saturated heterocycles. The van der Waals surface area contributed by atoms with Gasteiger partial charge in [0.05, 0.1) is 29.9 Å². The molecule has 0 aliphatic rings. The fourth-order valence-electron chi connectivity index (χ4n) is 3.37. The van der Waals surface area contributed by atoms with E-state index in [4.69, 9.17) is 9.92 Å². The molecule has 3 heterocycles. The van der Waals surface area contributed by atoms with Gasteiger partial charge in [0.1, 0.15) is 5.82 Å². The SMILES string of the molecule is Cc1ccc(S(=O)(=O)OCCn2cnc3c2nc(N)n2nc(-c4ccccc4F)nc32)cc1. The molecule has 5 aromatic rings. The maximum Gasteiger partial charge on any atom is 0.297 e. The summed E-state index contributed by atoms with van der Waals surface area (Å²) in [6.07, 6.45) is 1.48. The molecule has 0 saturated carbocycles. The number of nitrogen functional groups attached to an aromatic ring is 1. The fourth-order valence-corrected chi connectivity index (χ4v) is 4.27. The van der Waals surface area contributed by atoms with Crippen molar-refractivity contribution >= 4 is 32.9 Å². The average molecular weight is 467 g/mol. The first kappa shape index (κ1) is 21.0. The van der Waals surface area contributed by atoms with Gasteiger partial charge in [-0.2, -0.15) is 17.9 Å². The smallest absolute Gasteiger partial charge is 0.297 e. The zero-order chi connectivity index (χ0) is 23.2. The Labute approximate surface area is 187 Å². The van der Waals surface area contributed by atoms with Crippen LogP contribution in [-0.4, -0.2) is 44.2 Å². The second-order valence-corrected chi connectivity index (χ2v) is 8.94. The van der Waals surface area contributed by atoms with E-state index in [0.717, 1.165) is 5.56 Å². The van der Waals surface area contributed by atoms with E-state index in [1.54, 1.807) is 34.9 Å². The van der Waals surface area contributed by atoms with Gasteiger partial charge in [0.2, 0.25) is 5.95 Å². The number of nitrogens with two attached hydrogens (primary N) is 1. The molecule has 0 aliphatic carbocycles. The van der Waals surface area contributed by atoms with Crippen LogP contribution >= 0.6 is 0 Å². The first-order chi connectivity index (χ1) is 15.8. The predicted octanol–water partition coefficient (Wildman–Crippen LogP) is 2.58. The summed E-state index contributed by atoms with van der Waals surface area (Å²) in [5.41, 5.74) is 8.30. The Morgan fingerprint density at radius 3 is 2.58 bits per heavy atom. The molecular weight excluding hydrogens is 449 g/mol. The Bertz CT molecular complexity index is 1590. The number of nitrogens with zero attached hydrogens (tertiary/aromatic N) is 6. The quantitative estimate of drug-likeness (QED) is 0.377. The van der Waals surface area contributed by atoms with Crippen LogP contribution in [0.15, 0.2) is 59.8 Å². The molecule has 2 N–H and O–H groups in total. The number of benzene rings is 2. The average Bonchev–Trinajstić information content (AvgIpc) is 3.39. The van der Waals surface area contributed by atoms with E-state index in [9.17, 15) is 12.8 Å². The number of halogens is 1. The molecule has 10 nitrogen and oxygen atoms in total. The van der Waals surface area contributed by atoms with Crippen molar-refractivity contribution in [3.63, 3.8) is 0 Å². The summed E-state index contributed by atoms with van der Waals surface area (Å²) in [6.45, 7) is 1.88. The molecule has 12 heteroatoms. The molecule has 0 fully saturated rings. The number of aromatic nitrogens is 6. The third-order valence-corrected chi connectivity index (χ3v) is 6.39. The lowest BCUT2D eigenvalue weighted by Gasteiger charge is -2.07. The second-order valence-electron chi connectivity index (χ2n) is 7.32. The monoisotopic (exact) mass is 467 g/mol. The first-order valence-corrected chi connectivity index (χ1v) is 11.3. The number of aryl methyl sites for hydroxylation is 1. The van der Waals surface area contributed by atoms with Crippen LogP contribution in [0.1, 0.15) is 5.56 Å². The summed E-state index contributed by atoms with van der Waals surface area (Å²) in [7, 11) is -3.90. The number of anilines is 1. The molecule has 168 valence electrons. The van der Waals surface area contributed by atoms with Gasteiger partial charge in [0, 0.05) is 0 Å². The summed E-state index contributed by atoms with van der Waals surface area (Å²) in [5.74, 6) is -0.285. The minimum atomic E-state index is -3.90. The van der Waals surface area contributed by atoms with Gasteiger partial charge in [-0.15, -0.1) is 5.10 Å². The summed E-state index contributed by atoms with van der Waals surface area (Å²) in [4.78, 5) is 13.1. The maximum atomic E-state index is 14.2. The second kappa shape index (κ2) is 7.90. The van der Waals surface area contributed by atoms with Crippen LogP contribution in [0, 0.1) is 12.7 Å². The minimum absolute atomic E-state index is 0.0301. The number of imidazole rings is 1. The standard InChI is InChI=1S/C21H18FN7O3S/c1-13-6-8-14(9-7-13)33(30,31)32-11-10-28-12-24-17-19(28)26-21(23)29-20(17)25-18(27-29)15-4-2-3-5-16(15)22/h2-9,12H,10-11H2,1H3,(H2,23,26). The molecule has 0 amide bonds. The minimum Gasteiger partial charge on any atom is -0.368 e. The molecule has 2 aromatic carbocycles. The van der Waals surface area contributed by atoms with Gasteiger partial charge >= 0.3 is 0 Å². The normalized spacial score (nSPS) is 12.1. The Morgan fingerprint density at radius 1 is 1.06 bits per heavy atom. The molecule has 0 atom stereocenters. The lowest BCUT2D eigenvalue weighted by molar-refractivity contribution is 0.302. The number of fused-ring (bicyclic) bond motifs is 3. The van der Waals surface area contributed by atoms with Crippen LogP contribution in [0.4, 0.5) is 10.3 Å². The topological polar surface area (TPSA) is 130 Å². The van der Waals surface area contributed by atoms with Crippen molar-refractivity contribution in [1.29, 1.82) is 0 Å². The highest BCUT2D eigenvalue weighted by atomic mass is 32.2. The lowest BCUT2D eigenvalue weighted by atomic mass is 10.2. The lowest BCUT2D eigenvalue weighted by Crippen LogP contribution is -2.12. The first-order valence-electron chi connectivity index (χ1n) is 9.91. The van der Waals surface area contributed by atoms with Crippen molar-refractivity contribution in [2.24, 2.45) is 0 Å². The van der Waals surface area contributed by atoms with Gasteiger partial charge in [0.25, 0.3) is 10.1 Å². The predicted molar refractivity (Wildman–Crippen MR) is 118 cm³/mol. The van der Waals surface area contributed by atoms with Crippen LogP contribution in [0.3, 0.4) is 0 Å². The Morgan fingerprint density at radius 2 is 1.82 bits per heavy atom. The Kier molecular flexibility index (Phi) is 5.02. The third-order valence-electron chi connectivity index (χ3n) is 5.06. The fraction of sp³-hybridized carbons (Fsp3) is 0.143. The van der Waals surface area contributed by atoms with Gasteiger partial charge in [-0.25, -0.2) is 14.4 Å². The van der Waals surface area contributed by atoms with E-state index in [1.165, 1.54) is 29.0 Å². The Balaban J connectivity index is 1.43. The molecule has 0 bridgehead atoms. The molecule has 33 heavy (non-hydrogen) atoms. The molecule has 0 unspecified atom stereocenters. The van der Waals surface area contributed by atoms with E-state index < -0.39 is 15.9 Å². The number of rotatable bonds is 6.